The van der Waals surface area contributed by atoms with Gasteiger partial charge >= 0.3 is 0 Å². The lowest BCUT2D eigenvalue weighted by atomic mass is 10.0. The minimum absolute atomic E-state index is 0.0633. The van der Waals surface area contributed by atoms with Crippen molar-refractivity contribution in [2.24, 2.45) is 0 Å². The molecular weight excluding hydrogens is 320 g/mol. The van der Waals surface area contributed by atoms with Crippen LogP contribution in [0.5, 0.6) is 0 Å². The molecule has 0 radical (unpaired) electrons. The maximum Gasteiger partial charge on any atom is 0.207 e. The van der Waals surface area contributed by atoms with E-state index in [9.17, 15) is 4.79 Å². The van der Waals surface area contributed by atoms with Crippen molar-refractivity contribution >= 4 is 16.7 Å². The van der Waals surface area contributed by atoms with E-state index in [1.165, 1.54) is 40.6 Å². The summed E-state index contributed by atoms with van der Waals surface area (Å²) in [5, 5.41) is 1.37. The molecule has 1 aromatic carbocycles. The highest BCUT2D eigenvalue weighted by Gasteiger charge is 2.22. The van der Waals surface area contributed by atoms with Gasteiger partial charge in [0.2, 0.25) is 5.78 Å². The van der Waals surface area contributed by atoms with E-state index in [-0.39, 0.29) is 5.78 Å². The van der Waals surface area contributed by atoms with Crippen LogP contribution in [0.25, 0.3) is 10.9 Å². The van der Waals surface area contributed by atoms with Crippen LogP contribution in [0.15, 0.2) is 18.2 Å². The van der Waals surface area contributed by atoms with Gasteiger partial charge in [-0.15, -0.1) is 0 Å². The Morgan fingerprint density at radius 2 is 2.12 bits per heavy atom. The lowest BCUT2D eigenvalue weighted by Gasteiger charge is -2.24. The molecule has 3 heteroatoms. The Morgan fingerprint density at radius 1 is 1.27 bits per heavy atom. The van der Waals surface area contributed by atoms with Gasteiger partial charge in [-0.1, -0.05) is 37.3 Å². The summed E-state index contributed by atoms with van der Waals surface area (Å²) in [6.45, 7) is 7.11. The van der Waals surface area contributed by atoms with Crippen molar-refractivity contribution in [3.8, 4) is 11.8 Å². The number of ketones is 1. The van der Waals surface area contributed by atoms with Gasteiger partial charge in [0.15, 0.2) is 0 Å². The van der Waals surface area contributed by atoms with Gasteiger partial charge < -0.3 is 9.47 Å². The van der Waals surface area contributed by atoms with E-state index in [1.807, 2.05) is 0 Å². The highest BCUT2D eigenvalue weighted by atomic mass is 16.1. The van der Waals surface area contributed by atoms with Crippen LogP contribution in [0.1, 0.15) is 55.8 Å². The minimum atomic E-state index is 0.0633. The average molecular weight is 351 g/mol. The first-order valence-corrected chi connectivity index (χ1v) is 9.91. The summed E-state index contributed by atoms with van der Waals surface area (Å²) in [4.78, 5) is 14.6. The fourth-order valence-electron chi connectivity index (χ4n) is 3.84. The molecule has 0 unspecified atom stereocenters. The molecule has 0 amide bonds. The van der Waals surface area contributed by atoms with E-state index < -0.39 is 0 Å². The molecule has 2 heterocycles. The van der Waals surface area contributed by atoms with Crippen LogP contribution in [0, 0.1) is 18.8 Å². The van der Waals surface area contributed by atoms with Crippen LogP contribution in [0.2, 0.25) is 0 Å². The lowest BCUT2D eigenvalue weighted by Crippen LogP contribution is -2.28. The van der Waals surface area contributed by atoms with Crippen LogP contribution >= 0.6 is 0 Å². The highest BCUT2D eigenvalue weighted by molar-refractivity contribution is 5.95. The molecular formula is C23H30N2O. The Morgan fingerprint density at radius 3 is 2.92 bits per heavy atom. The number of rotatable bonds is 6. The second-order valence-corrected chi connectivity index (χ2v) is 7.52. The zero-order valence-electron chi connectivity index (χ0n) is 16.4. The molecule has 0 fully saturated rings. The Bertz CT molecular complexity index is 850. The van der Waals surface area contributed by atoms with Crippen LogP contribution in [0.3, 0.4) is 0 Å². The van der Waals surface area contributed by atoms with Crippen molar-refractivity contribution in [3.63, 3.8) is 0 Å². The molecule has 0 aliphatic carbocycles. The number of carbonyl (C=O) groups excluding carboxylic acids is 1. The van der Waals surface area contributed by atoms with Crippen molar-refractivity contribution in [2.45, 2.75) is 65.5 Å². The number of carbonyl (C=O) groups is 1. The van der Waals surface area contributed by atoms with Crippen molar-refractivity contribution < 1.29 is 4.79 Å². The standard InChI is InChI=1S/C23H30N2O/c1-4-5-6-7-8-9-19(26)12-15-25-22-11-10-18(2)16-21(22)20-13-14-24(3)17-23(20)25/h10-11,16H,4-7,12-15,17H2,1-3H3. The summed E-state index contributed by atoms with van der Waals surface area (Å²) in [6.07, 6.45) is 5.90. The van der Waals surface area contributed by atoms with Gasteiger partial charge in [0, 0.05) is 49.1 Å². The fraction of sp³-hybridized carbons (Fsp3) is 0.522. The molecule has 2 aromatic rings. The Hall–Kier alpha value is -2.05. The van der Waals surface area contributed by atoms with Gasteiger partial charge in [-0.3, -0.25) is 4.79 Å². The van der Waals surface area contributed by atoms with Crippen molar-refractivity contribution in [1.82, 2.24) is 9.47 Å². The number of likely N-dealkylation sites (N-methyl/N-ethyl adjacent to an activating group) is 1. The molecule has 138 valence electrons. The number of unbranched alkanes of at least 4 members (excludes halogenated alkanes) is 3. The topological polar surface area (TPSA) is 25.2 Å². The van der Waals surface area contributed by atoms with E-state index in [0.29, 0.717) is 6.42 Å². The average Bonchev–Trinajstić information content (AvgIpc) is 2.91. The quantitative estimate of drug-likeness (QED) is 0.436. The zero-order valence-corrected chi connectivity index (χ0v) is 16.4. The van der Waals surface area contributed by atoms with E-state index >= 15 is 0 Å². The molecule has 1 aromatic heterocycles. The number of aromatic nitrogens is 1. The zero-order chi connectivity index (χ0) is 18.5. The first-order chi connectivity index (χ1) is 12.6. The molecule has 26 heavy (non-hydrogen) atoms. The molecule has 0 atom stereocenters. The van der Waals surface area contributed by atoms with Crippen LogP contribution in [0.4, 0.5) is 0 Å². The molecule has 0 saturated carbocycles. The van der Waals surface area contributed by atoms with Crippen molar-refractivity contribution in [2.75, 3.05) is 13.6 Å². The summed E-state index contributed by atoms with van der Waals surface area (Å²) in [5.74, 6) is 5.95. The van der Waals surface area contributed by atoms with E-state index in [2.05, 4.69) is 60.4 Å². The molecule has 0 bridgehead atoms. The van der Waals surface area contributed by atoms with E-state index in [1.54, 1.807) is 0 Å². The SMILES string of the molecule is CCCCCC#CC(=O)CCn1c2c(c3cc(C)ccc31)CCN(C)C2. The van der Waals surface area contributed by atoms with Gasteiger partial charge in [-0.2, -0.15) is 0 Å². The Labute approximate surface area is 157 Å². The van der Waals surface area contributed by atoms with Crippen molar-refractivity contribution in [1.29, 1.82) is 0 Å². The number of benzene rings is 1. The Balaban J connectivity index is 1.77. The van der Waals surface area contributed by atoms with Gasteiger partial charge in [-0.05, 0) is 50.4 Å². The largest absolute Gasteiger partial charge is 0.343 e. The van der Waals surface area contributed by atoms with Crippen LogP contribution in [-0.2, 0) is 24.3 Å². The number of nitrogens with zero attached hydrogens (tertiary/aromatic N) is 2. The Kier molecular flexibility index (Phi) is 6.16. The van der Waals surface area contributed by atoms with E-state index in [0.717, 1.165) is 38.9 Å². The summed E-state index contributed by atoms with van der Waals surface area (Å²) < 4.78 is 2.36. The van der Waals surface area contributed by atoms with Gasteiger partial charge in [0.05, 0.1) is 0 Å². The second kappa shape index (κ2) is 8.56. The lowest BCUT2D eigenvalue weighted by molar-refractivity contribution is -0.114. The third-order valence-electron chi connectivity index (χ3n) is 5.30. The molecule has 0 spiro atoms. The summed E-state index contributed by atoms with van der Waals surface area (Å²) in [6, 6.07) is 6.68. The summed E-state index contributed by atoms with van der Waals surface area (Å²) in [5.41, 5.74) is 5.41. The molecule has 3 rings (SSSR count). The highest BCUT2D eigenvalue weighted by Crippen LogP contribution is 2.31. The van der Waals surface area contributed by atoms with Gasteiger partial charge in [0.25, 0.3) is 0 Å². The number of aryl methyl sites for hydroxylation is 2. The maximum absolute atomic E-state index is 12.2. The van der Waals surface area contributed by atoms with Crippen LogP contribution < -0.4 is 0 Å². The first-order valence-electron chi connectivity index (χ1n) is 9.91. The molecule has 1 aliphatic heterocycles. The number of hydrogen-bond donors (Lipinski definition) is 0. The monoisotopic (exact) mass is 350 g/mol. The summed E-state index contributed by atoms with van der Waals surface area (Å²) in [7, 11) is 2.17. The first kappa shape index (κ1) is 18.7. The predicted molar refractivity (Wildman–Crippen MR) is 108 cm³/mol. The fourth-order valence-corrected chi connectivity index (χ4v) is 3.84. The third-order valence-corrected chi connectivity index (χ3v) is 5.30. The molecule has 0 N–H and O–H groups in total. The molecule has 1 aliphatic rings. The number of Topliss-reactive ketones (excluding diaryl/α,β-unsaturated/α-hetero) is 1. The number of fused-ring (bicyclic) bond motifs is 3. The van der Waals surface area contributed by atoms with Crippen LogP contribution in [-0.4, -0.2) is 28.8 Å². The minimum Gasteiger partial charge on any atom is -0.343 e. The predicted octanol–water partition coefficient (Wildman–Crippen LogP) is 4.48. The smallest absolute Gasteiger partial charge is 0.207 e. The normalized spacial score (nSPS) is 14.1. The van der Waals surface area contributed by atoms with E-state index in [4.69, 9.17) is 0 Å². The van der Waals surface area contributed by atoms with Crippen molar-refractivity contribution in [3.05, 3.63) is 35.0 Å². The molecule has 0 saturated heterocycles. The second-order valence-electron chi connectivity index (χ2n) is 7.52. The van der Waals surface area contributed by atoms with Gasteiger partial charge in [-0.25, -0.2) is 0 Å². The molecule has 3 nitrogen and oxygen atoms in total. The van der Waals surface area contributed by atoms with Gasteiger partial charge in [0.1, 0.15) is 0 Å². The summed E-state index contributed by atoms with van der Waals surface area (Å²) >= 11 is 0. The maximum atomic E-state index is 12.2. The third kappa shape index (κ3) is 4.19. The number of hydrogen-bond acceptors (Lipinski definition) is 2.